The first kappa shape index (κ1) is 5.86. The van der Waals surface area contributed by atoms with Gasteiger partial charge >= 0.3 is 0 Å². The third-order valence-electron chi connectivity index (χ3n) is 0.298. The molecular weight excluding hydrogens is 88.1 g/mol. The summed E-state index contributed by atoms with van der Waals surface area (Å²) in [5.41, 5.74) is 0. The van der Waals surface area contributed by atoms with E-state index in [2.05, 4.69) is 29.2 Å². The maximum Gasteiger partial charge on any atom is 0.0992 e. The molecule has 0 amide bonds. The molecule has 0 fully saturated rings. The van der Waals surface area contributed by atoms with Gasteiger partial charge in [-0.05, 0) is 0 Å². The minimum atomic E-state index is 1.35. The van der Waals surface area contributed by atoms with Crippen LogP contribution in [0.15, 0.2) is 35.5 Å². The third-order valence-corrected chi connectivity index (χ3v) is 0.298. The Morgan fingerprint density at radius 1 is 1.14 bits per heavy atom. The maximum atomic E-state index is 3.44. The van der Waals surface area contributed by atoms with E-state index >= 15 is 0 Å². The number of rotatable bonds is 2. The highest BCUT2D eigenvalue weighted by molar-refractivity contribution is 5.43. The Morgan fingerprint density at radius 2 is 1.57 bits per heavy atom. The van der Waals surface area contributed by atoms with Gasteiger partial charge < -0.3 is 0 Å². The van der Waals surface area contributed by atoms with Gasteiger partial charge in [-0.2, -0.15) is 9.98 Å². The van der Waals surface area contributed by atoms with Crippen LogP contribution >= 0.6 is 0 Å². The first-order valence-electron chi connectivity index (χ1n) is 1.78. The Bertz CT molecular complexity index is 106. The second-order valence-electron chi connectivity index (χ2n) is 0.723. The predicted molar refractivity (Wildman–Crippen MR) is 30.3 cm³/mol. The van der Waals surface area contributed by atoms with E-state index in [1.165, 1.54) is 12.4 Å². The van der Waals surface area contributed by atoms with Crippen LogP contribution in [-0.2, 0) is 0 Å². The number of hydrogen-bond acceptors (Lipinski definition) is 2. The van der Waals surface area contributed by atoms with E-state index in [1.807, 2.05) is 0 Å². The molecule has 0 saturated heterocycles. The van der Waals surface area contributed by atoms with Crippen LogP contribution in [0.25, 0.3) is 0 Å². The van der Waals surface area contributed by atoms with Gasteiger partial charge in [0, 0.05) is 12.4 Å². The minimum absolute atomic E-state index is 1.35. The fourth-order valence-electron chi connectivity index (χ4n) is 0.115. The van der Waals surface area contributed by atoms with Crippen molar-refractivity contribution in [1.29, 1.82) is 0 Å². The molecule has 0 N–H and O–H groups in total. The zero-order valence-electron chi connectivity index (χ0n) is 3.96. The summed E-state index contributed by atoms with van der Waals surface area (Å²) < 4.78 is 0. The normalized spacial score (nSPS) is 5.71. The van der Waals surface area contributed by atoms with E-state index in [9.17, 15) is 0 Å². The summed E-state index contributed by atoms with van der Waals surface area (Å²) in [5.74, 6) is 0. The van der Waals surface area contributed by atoms with Gasteiger partial charge in [0.15, 0.2) is 0 Å². The molecule has 0 spiro atoms. The van der Waals surface area contributed by atoms with Gasteiger partial charge in [-0.1, -0.05) is 13.2 Å². The highest BCUT2D eigenvalue weighted by atomic mass is 14.8. The molecule has 0 rings (SSSR count). The summed E-state index contributed by atoms with van der Waals surface area (Å²) in [6.07, 6.45) is 2.71. The van der Waals surface area contributed by atoms with Gasteiger partial charge in [-0.15, -0.1) is 0 Å². The van der Waals surface area contributed by atoms with Gasteiger partial charge in [0.25, 0.3) is 0 Å². The van der Waals surface area contributed by atoms with Gasteiger partial charge in [-0.25, -0.2) is 0 Å². The number of hydrogen-bond donors (Lipinski definition) is 0. The van der Waals surface area contributed by atoms with Crippen molar-refractivity contribution in [1.82, 2.24) is 0 Å². The molecule has 0 atom stereocenters. The van der Waals surface area contributed by atoms with E-state index in [0.29, 0.717) is 0 Å². The van der Waals surface area contributed by atoms with Crippen molar-refractivity contribution in [3.05, 3.63) is 25.6 Å². The van der Waals surface area contributed by atoms with Crippen LogP contribution in [0.4, 0.5) is 0 Å². The van der Waals surface area contributed by atoms with Crippen molar-refractivity contribution in [3.8, 4) is 0 Å². The Hall–Kier alpha value is -1.14. The Kier molecular flexibility index (Phi) is 4.07. The zero-order chi connectivity index (χ0) is 5.54. The molecule has 0 heterocycles. The van der Waals surface area contributed by atoms with Gasteiger partial charge in [0.2, 0.25) is 0 Å². The molecule has 0 aliphatic heterocycles. The number of aliphatic imine (C=N–C) groups is 2. The summed E-state index contributed by atoms with van der Waals surface area (Å²) in [7, 11) is 0. The van der Waals surface area contributed by atoms with E-state index in [1.54, 1.807) is 0 Å². The average Bonchev–Trinajstić information content (AvgIpc) is 1.69. The van der Waals surface area contributed by atoms with E-state index in [-0.39, 0.29) is 0 Å². The Balaban J connectivity index is 3.61. The van der Waals surface area contributed by atoms with Crippen molar-refractivity contribution < 1.29 is 0 Å². The quantitative estimate of drug-likeness (QED) is 0.462. The molecule has 36 valence electrons. The van der Waals surface area contributed by atoms with Gasteiger partial charge in [-0.3, -0.25) is 0 Å². The summed E-state index contributed by atoms with van der Waals surface area (Å²) in [6, 6.07) is 2.30. The van der Waals surface area contributed by atoms with Crippen LogP contribution in [-0.4, -0.2) is 6.01 Å². The highest BCUT2D eigenvalue weighted by Gasteiger charge is 1.46. The topological polar surface area (TPSA) is 24.7 Å². The SMILES string of the molecule is C=CN=C=NC=C. The lowest BCUT2D eigenvalue weighted by molar-refractivity contribution is 1.55. The molecule has 0 aromatic heterocycles. The summed E-state index contributed by atoms with van der Waals surface area (Å²) in [4.78, 5) is 6.88. The molecule has 7 heavy (non-hydrogen) atoms. The summed E-state index contributed by atoms with van der Waals surface area (Å²) in [6.45, 7) is 6.62. The van der Waals surface area contributed by atoms with Gasteiger partial charge in [0.05, 0.1) is 6.01 Å². The Labute approximate surface area is 42.6 Å². The lowest BCUT2D eigenvalue weighted by atomic mass is 11.0. The van der Waals surface area contributed by atoms with Crippen LogP contribution < -0.4 is 0 Å². The standard InChI is InChI=1S/C5H6N2/c1-3-6-5-7-4-2/h3-4H,1-2H2. The molecule has 0 saturated carbocycles. The van der Waals surface area contributed by atoms with Crippen molar-refractivity contribution in [2.45, 2.75) is 0 Å². The fraction of sp³-hybridized carbons (Fsp3) is 0. The highest BCUT2D eigenvalue weighted by Crippen LogP contribution is 1.62. The van der Waals surface area contributed by atoms with Gasteiger partial charge in [0.1, 0.15) is 0 Å². The lowest BCUT2D eigenvalue weighted by Crippen LogP contribution is -1.45. The average molecular weight is 94.1 g/mol. The predicted octanol–water partition coefficient (Wildman–Crippen LogP) is 1.45. The van der Waals surface area contributed by atoms with Crippen LogP contribution in [0.5, 0.6) is 0 Å². The van der Waals surface area contributed by atoms with E-state index < -0.39 is 0 Å². The zero-order valence-corrected chi connectivity index (χ0v) is 3.96. The molecule has 0 bridgehead atoms. The molecule has 0 aromatic carbocycles. The van der Waals surface area contributed by atoms with Crippen molar-refractivity contribution in [2.24, 2.45) is 9.98 Å². The van der Waals surface area contributed by atoms with Crippen LogP contribution in [0, 0.1) is 0 Å². The molecular formula is C5H6N2. The first-order chi connectivity index (χ1) is 3.41. The van der Waals surface area contributed by atoms with E-state index in [4.69, 9.17) is 0 Å². The monoisotopic (exact) mass is 94.1 g/mol. The lowest BCUT2D eigenvalue weighted by Gasteiger charge is -1.58. The number of nitrogens with zero attached hydrogens (tertiary/aromatic N) is 2. The Morgan fingerprint density at radius 3 is 1.86 bits per heavy atom. The van der Waals surface area contributed by atoms with Crippen LogP contribution in [0.2, 0.25) is 0 Å². The third kappa shape index (κ3) is 4.86. The molecule has 0 aliphatic carbocycles. The molecule has 2 nitrogen and oxygen atoms in total. The first-order valence-corrected chi connectivity index (χ1v) is 1.78. The smallest absolute Gasteiger partial charge is 0.0992 e. The maximum absolute atomic E-state index is 3.44. The fourth-order valence-corrected chi connectivity index (χ4v) is 0.115. The second kappa shape index (κ2) is 4.86. The van der Waals surface area contributed by atoms with Crippen LogP contribution in [0.3, 0.4) is 0 Å². The molecule has 0 unspecified atom stereocenters. The van der Waals surface area contributed by atoms with Crippen LogP contribution in [0.1, 0.15) is 0 Å². The molecule has 0 aliphatic rings. The van der Waals surface area contributed by atoms with Crippen molar-refractivity contribution in [3.63, 3.8) is 0 Å². The van der Waals surface area contributed by atoms with Crippen molar-refractivity contribution >= 4 is 6.01 Å². The molecule has 0 radical (unpaired) electrons. The largest absolute Gasteiger partial charge is 0.196 e. The summed E-state index contributed by atoms with van der Waals surface area (Å²) >= 11 is 0. The molecule has 0 aromatic rings. The second-order valence-corrected chi connectivity index (χ2v) is 0.723. The minimum Gasteiger partial charge on any atom is -0.196 e. The van der Waals surface area contributed by atoms with E-state index in [0.717, 1.165) is 0 Å². The van der Waals surface area contributed by atoms with Crippen molar-refractivity contribution in [2.75, 3.05) is 0 Å². The summed E-state index contributed by atoms with van der Waals surface area (Å²) in [5, 5.41) is 0. The molecule has 2 heteroatoms.